The zero-order valence-electron chi connectivity index (χ0n) is 10.5. The van der Waals surface area contributed by atoms with Crippen molar-refractivity contribution in [2.45, 2.75) is 0 Å². The molecule has 2 rings (SSSR count). The lowest BCUT2D eigenvalue weighted by molar-refractivity contribution is -0.384. The molecule has 1 amide bonds. The highest BCUT2D eigenvalue weighted by Gasteiger charge is 2.18. The SMILES string of the molecule is Nc1ccc(C(=O)Nc2ccc(F)cc2[N+](=O)[O-])cc1F. The third-order valence-corrected chi connectivity index (χ3v) is 2.67. The summed E-state index contributed by atoms with van der Waals surface area (Å²) in [5, 5.41) is 13.0. The van der Waals surface area contributed by atoms with E-state index in [1.807, 2.05) is 0 Å². The Bertz CT molecular complexity index is 735. The number of nitrogens with two attached hydrogens (primary N) is 1. The summed E-state index contributed by atoms with van der Waals surface area (Å²) in [7, 11) is 0. The number of hydrogen-bond donors (Lipinski definition) is 2. The quantitative estimate of drug-likeness (QED) is 0.516. The maximum absolute atomic E-state index is 13.3. The van der Waals surface area contributed by atoms with Crippen LogP contribution in [-0.4, -0.2) is 10.8 Å². The summed E-state index contributed by atoms with van der Waals surface area (Å²) in [6, 6.07) is 6.07. The van der Waals surface area contributed by atoms with Crippen LogP contribution < -0.4 is 11.1 Å². The van der Waals surface area contributed by atoms with Gasteiger partial charge in [-0.05, 0) is 30.3 Å². The molecule has 108 valence electrons. The lowest BCUT2D eigenvalue weighted by Crippen LogP contribution is -2.13. The van der Waals surface area contributed by atoms with E-state index in [2.05, 4.69) is 5.32 Å². The molecule has 2 aromatic carbocycles. The van der Waals surface area contributed by atoms with Gasteiger partial charge in [0.05, 0.1) is 16.7 Å². The van der Waals surface area contributed by atoms with Gasteiger partial charge in [0.15, 0.2) is 0 Å². The van der Waals surface area contributed by atoms with Crippen LogP contribution in [0.25, 0.3) is 0 Å². The van der Waals surface area contributed by atoms with E-state index in [9.17, 15) is 23.7 Å². The first kappa shape index (κ1) is 14.4. The molecule has 0 saturated heterocycles. The van der Waals surface area contributed by atoms with E-state index in [0.717, 1.165) is 18.2 Å². The Morgan fingerprint density at radius 2 is 1.90 bits per heavy atom. The molecule has 8 heteroatoms. The number of amides is 1. The van der Waals surface area contributed by atoms with E-state index in [1.165, 1.54) is 12.1 Å². The number of nitrogens with one attached hydrogen (secondary N) is 1. The fraction of sp³-hybridized carbons (Fsp3) is 0. The van der Waals surface area contributed by atoms with Gasteiger partial charge >= 0.3 is 0 Å². The van der Waals surface area contributed by atoms with Crippen LogP contribution in [0, 0.1) is 21.7 Å². The van der Waals surface area contributed by atoms with Crippen LogP contribution in [0.5, 0.6) is 0 Å². The van der Waals surface area contributed by atoms with Gasteiger partial charge in [0.25, 0.3) is 11.6 Å². The minimum Gasteiger partial charge on any atom is -0.396 e. The smallest absolute Gasteiger partial charge is 0.295 e. The monoisotopic (exact) mass is 293 g/mol. The van der Waals surface area contributed by atoms with Crippen molar-refractivity contribution < 1.29 is 18.5 Å². The lowest BCUT2D eigenvalue weighted by atomic mass is 10.1. The van der Waals surface area contributed by atoms with Gasteiger partial charge < -0.3 is 11.1 Å². The van der Waals surface area contributed by atoms with Gasteiger partial charge in [0.2, 0.25) is 0 Å². The first-order valence-corrected chi connectivity index (χ1v) is 5.69. The second kappa shape index (κ2) is 5.53. The molecule has 0 aliphatic carbocycles. The molecule has 21 heavy (non-hydrogen) atoms. The van der Waals surface area contributed by atoms with E-state index in [0.29, 0.717) is 6.07 Å². The summed E-state index contributed by atoms with van der Waals surface area (Å²) in [6.07, 6.45) is 0. The third kappa shape index (κ3) is 3.11. The molecular formula is C13H9F2N3O3. The second-order valence-corrected chi connectivity index (χ2v) is 4.11. The van der Waals surface area contributed by atoms with Gasteiger partial charge in [-0.3, -0.25) is 14.9 Å². The number of rotatable bonds is 3. The van der Waals surface area contributed by atoms with Crippen molar-refractivity contribution in [2.75, 3.05) is 11.1 Å². The van der Waals surface area contributed by atoms with Crippen molar-refractivity contribution >= 4 is 23.0 Å². The molecule has 0 saturated carbocycles. The largest absolute Gasteiger partial charge is 0.396 e. The average Bonchev–Trinajstić information content (AvgIpc) is 2.43. The molecule has 0 bridgehead atoms. The number of nitro benzene ring substituents is 1. The first-order valence-electron chi connectivity index (χ1n) is 5.69. The van der Waals surface area contributed by atoms with E-state index in [-0.39, 0.29) is 16.9 Å². The topological polar surface area (TPSA) is 98.3 Å². The molecule has 0 radical (unpaired) electrons. The van der Waals surface area contributed by atoms with Crippen LogP contribution >= 0.6 is 0 Å². The van der Waals surface area contributed by atoms with Crippen LogP contribution in [-0.2, 0) is 0 Å². The number of nitrogen functional groups attached to an aromatic ring is 1. The predicted octanol–water partition coefficient (Wildman–Crippen LogP) is 2.71. The molecule has 0 aliphatic heterocycles. The maximum Gasteiger partial charge on any atom is 0.295 e. The predicted molar refractivity (Wildman–Crippen MR) is 71.8 cm³/mol. The zero-order valence-corrected chi connectivity index (χ0v) is 10.5. The third-order valence-electron chi connectivity index (χ3n) is 2.67. The Morgan fingerprint density at radius 1 is 1.19 bits per heavy atom. The molecule has 0 atom stereocenters. The van der Waals surface area contributed by atoms with Crippen LogP contribution in [0.3, 0.4) is 0 Å². The number of nitro groups is 1. The highest BCUT2D eigenvalue weighted by Crippen LogP contribution is 2.25. The Balaban J connectivity index is 2.31. The molecule has 0 unspecified atom stereocenters. The van der Waals surface area contributed by atoms with Crippen molar-refractivity contribution in [3.63, 3.8) is 0 Å². The molecule has 2 aromatic rings. The summed E-state index contributed by atoms with van der Waals surface area (Å²) < 4.78 is 26.3. The molecule has 0 fully saturated rings. The standard InChI is InChI=1S/C13H9F2N3O3/c14-8-2-4-11(12(6-8)18(20)21)17-13(19)7-1-3-10(16)9(15)5-7/h1-6H,16H2,(H,17,19). The molecule has 0 heterocycles. The van der Waals surface area contributed by atoms with Gasteiger partial charge in [-0.2, -0.15) is 0 Å². The van der Waals surface area contributed by atoms with Gasteiger partial charge in [0.1, 0.15) is 17.3 Å². The van der Waals surface area contributed by atoms with Crippen molar-refractivity contribution in [1.29, 1.82) is 0 Å². The summed E-state index contributed by atoms with van der Waals surface area (Å²) in [5.74, 6) is -2.36. The van der Waals surface area contributed by atoms with Gasteiger partial charge in [-0.1, -0.05) is 0 Å². The maximum atomic E-state index is 13.3. The highest BCUT2D eigenvalue weighted by molar-refractivity contribution is 6.05. The highest BCUT2D eigenvalue weighted by atomic mass is 19.1. The number of anilines is 2. The molecular weight excluding hydrogens is 284 g/mol. The van der Waals surface area contributed by atoms with Gasteiger partial charge in [-0.25, -0.2) is 8.78 Å². The molecule has 6 nitrogen and oxygen atoms in total. The van der Waals surface area contributed by atoms with Gasteiger partial charge in [0, 0.05) is 5.56 Å². The van der Waals surface area contributed by atoms with E-state index in [4.69, 9.17) is 5.73 Å². The van der Waals surface area contributed by atoms with E-state index >= 15 is 0 Å². The average molecular weight is 293 g/mol. The minimum atomic E-state index is -0.831. The Kier molecular flexibility index (Phi) is 3.79. The zero-order chi connectivity index (χ0) is 15.6. The van der Waals surface area contributed by atoms with Crippen LogP contribution in [0.4, 0.5) is 25.8 Å². The lowest BCUT2D eigenvalue weighted by Gasteiger charge is -2.07. The Labute approximate surface area is 117 Å². The molecule has 0 aliphatic rings. The van der Waals surface area contributed by atoms with Crippen molar-refractivity contribution in [3.8, 4) is 0 Å². The number of hydrogen-bond acceptors (Lipinski definition) is 4. The minimum absolute atomic E-state index is 0.0691. The normalized spacial score (nSPS) is 10.2. The van der Waals surface area contributed by atoms with Crippen LogP contribution in [0.15, 0.2) is 36.4 Å². The first-order chi connectivity index (χ1) is 9.88. The number of carbonyl (C=O) groups excluding carboxylic acids is 1. The second-order valence-electron chi connectivity index (χ2n) is 4.11. The van der Waals surface area contributed by atoms with Crippen LogP contribution in [0.2, 0.25) is 0 Å². The Hall–Kier alpha value is -3.03. The summed E-state index contributed by atoms with van der Waals surface area (Å²) in [4.78, 5) is 21.9. The summed E-state index contributed by atoms with van der Waals surface area (Å²) in [6.45, 7) is 0. The van der Waals surface area contributed by atoms with E-state index < -0.39 is 28.2 Å². The summed E-state index contributed by atoms with van der Waals surface area (Å²) in [5.41, 5.74) is 4.30. The number of benzene rings is 2. The number of carbonyl (C=O) groups is 1. The summed E-state index contributed by atoms with van der Waals surface area (Å²) >= 11 is 0. The fourth-order valence-electron chi connectivity index (χ4n) is 1.62. The molecule has 0 aromatic heterocycles. The molecule has 0 spiro atoms. The number of nitrogens with zero attached hydrogens (tertiary/aromatic N) is 1. The van der Waals surface area contributed by atoms with Crippen LogP contribution in [0.1, 0.15) is 10.4 Å². The van der Waals surface area contributed by atoms with Gasteiger partial charge in [-0.15, -0.1) is 0 Å². The van der Waals surface area contributed by atoms with Crippen molar-refractivity contribution in [3.05, 3.63) is 63.7 Å². The Morgan fingerprint density at radius 3 is 2.52 bits per heavy atom. The molecule has 3 N–H and O–H groups in total. The van der Waals surface area contributed by atoms with E-state index in [1.54, 1.807) is 0 Å². The van der Waals surface area contributed by atoms with Crippen molar-refractivity contribution in [1.82, 2.24) is 0 Å². The number of halogens is 2. The fourth-order valence-corrected chi connectivity index (χ4v) is 1.62. The van der Waals surface area contributed by atoms with Crippen molar-refractivity contribution in [2.24, 2.45) is 0 Å².